The molecule has 3 N–H and O–H groups in total. The Bertz CT molecular complexity index is 540. The van der Waals surface area contributed by atoms with Crippen LogP contribution in [0.4, 0.5) is 0 Å². The zero-order valence-corrected chi connectivity index (χ0v) is 10.0. The Morgan fingerprint density at radius 1 is 1.35 bits per heavy atom. The van der Waals surface area contributed by atoms with Crippen molar-refractivity contribution in [3.8, 4) is 5.69 Å². The molecule has 0 unspecified atom stereocenters. The molecule has 0 radical (unpaired) electrons. The smallest absolute Gasteiger partial charge is 0.124 e. The number of hydrogen-bond acceptors (Lipinski definition) is 2. The number of aromatic nitrogens is 2. The van der Waals surface area contributed by atoms with Crippen LogP contribution >= 0.6 is 0 Å². The third kappa shape index (κ3) is 2.06. The molecule has 0 saturated carbocycles. The number of rotatable bonds is 3. The topological polar surface area (TPSA) is 67.7 Å². The third-order valence-corrected chi connectivity index (χ3v) is 2.64. The number of imidazole rings is 1. The first-order valence-electron chi connectivity index (χ1n) is 5.58. The molecule has 1 aromatic carbocycles. The standard InChI is InChI=1S/C13H16N4/c1-9(2)13-16-7-8-17(13)11-6-4-3-5-10(11)12(14)15/h3-9H,1-2H3,(H3,14,15). The van der Waals surface area contributed by atoms with Crippen LogP contribution in [0.1, 0.15) is 31.2 Å². The van der Waals surface area contributed by atoms with Crippen LogP contribution in [0.3, 0.4) is 0 Å². The molecule has 88 valence electrons. The Labute approximate surface area is 101 Å². The second-order valence-electron chi connectivity index (χ2n) is 4.24. The summed E-state index contributed by atoms with van der Waals surface area (Å²) in [6.07, 6.45) is 3.67. The Morgan fingerprint density at radius 2 is 2.06 bits per heavy atom. The van der Waals surface area contributed by atoms with Crippen LogP contribution in [0.2, 0.25) is 0 Å². The lowest BCUT2D eigenvalue weighted by Crippen LogP contribution is -2.15. The van der Waals surface area contributed by atoms with Gasteiger partial charge < -0.3 is 10.3 Å². The van der Waals surface area contributed by atoms with Crippen LogP contribution in [-0.4, -0.2) is 15.4 Å². The van der Waals surface area contributed by atoms with Crippen molar-refractivity contribution < 1.29 is 0 Å². The number of nitrogens with two attached hydrogens (primary N) is 1. The molecule has 17 heavy (non-hydrogen) atoms. The van der Waals surface area contributed by atoms with E-state index in [1.807, 2.05) is 35.0 Å². The van der Waals surface area contributed by atoms with Crippen LogP contribution in [0.5, 0.6) is 0 Å². The molecule has 0 bridgehead atoms. The van der Waals surface area contributed by atoms with Crippen LogP contribution in [0.15, 0.2) is 36.7 Å². The van der Waals surface area contributed by atoms with Gasteiger partial charge in [0.2, 0.25) is 0 Å². The minimum absolute atomic E-state index is 0.0732. The van der Waals surface area contributed by atoms with Crippen LogP contribution < -0.4 is 5.73 Å². The quantitative estimate of drug-likeness (QED) is 0.625. The fraction of sp³-hybridized carbons (Fsp3) is 0.231. The molecule has 4 heteroatoms. The van der Waals surface area contributed by atoms with E-state index in [9.17, 15) is 0 Å². The molecule has 0 spiro atoms. The van der Waals surface area contributed by atoms with Gasteiger partial charge in [-0.25, -0.2) is 4.98 Å². The lowest BCUT2D eigenvalue weighted by atomic mass is 10.1. The molecule has 0 saturated heterocycles. The van der Waals surface area contributed by atoms with Crippen molar-refractivity contribution in [1.29, 1.82) is 5.41 Å². The average Bonchev–Trinajstić information content (AvgIpc) is 2.77. The summed E-state index contributed by atoms with van der Waals surface area (Å²) >= 11 is 0. The monoisotopic (exact) mass is 228 g/mol. The predicted molar refractivity (Wildman–Crippen MR) is 68.7 cm³/mol. The van der Waals surface area contributed by atoms with E-state index in [2.05, 4.69) is 18.8 Å². The fourth-order valence-electron chi connectivity index (χ4n) is 1.86. The summed E-state index contributed by atoms with van der Waals surface area (Å²) in [5.74, 6) is 1.37. The number of amidine groups is 1. The summed E-state index contributed by atoms with van der Waals surface area (Å²) in [5.41, 5.74) is 7.23. The van der Waals surface area contributed by atoms with Crippen molar-refractivity contribution in [1.82, 2.24) is 9.55 Å². The summed E-state index contributed by atoms with van der Waals surface area (Å²) in [4.78, 5) is 4.34. The van der Waals surface area contributed by atoms with Gasteiger partial charge >= 0.3 is 0 Å². The molecule has 1 heterocycles. The molecule has 0 amide bonds. The highest BCUT2D eigenvalue weighted by atomic mass is 15.1. The van der Waals surface area contributed by atoms with Crippen molar-refractivity contribution >= 4 is 5.84 Å². The van der Waals surface area contributed by atoms with Gasteiger partial charge in [0.1, 0.15) is 11.7 Å². The van der Waals surface area contributed by atoms with E-state index < -0.39 is 0 Å². The van der Waals surface area contributed by atoms with Gasteiger partial charge in [0, 0.05) is 23.9 Å². The molecule has 0 aliphatic carbocycles. The van der Waals surface area contributed by atoms with E-state index in [0.29, 0.717) is 5.92 Å². The highest BCUT2D eigenvalue weighted by Crippen LogP contribution is 2.20. The van der Waals surface area contributed by atoms with Gasteiger partial charge in [-0.15, -0.1) is 0 Å². The first kappa shape index (κ1) is 11.4. The maximum absolute atomic E-state index is 7.60. The van der Waals surface area contributed by atoms with E-state index in [0.717, 1.165) is 17.1 Å². The van der Waals surface area contributed by atoms with E-state index in [1.54, 1.807) is 6.20 Å². The van der Waals surface area contributed by atoms with Crippen LogP contribution in [0, 0.1) is 5.41 Å². The van der Waals surface area contributed by atoms with Gasteiger partial charge in [-0.2, -0.15) is 0 Å². The second-order valence-corrected chi connectivity index (χ2v) is 4.24. The van der Waals surface area contributed by atoms with Crippen molar-refractivity contribution in [3.05, 3.63) is 48.0 Å². The normalized spacial score (nSPS) is 10.8. The number of nitrogens with zero attached hydrogens (tertiary/aromatic N) is 2. The van der Waals surface area contributed by atoms with Crippen LogP contribution in [0.25, 0.3) is 5.69 Å². The largest absolute Gasteiger partial charge is 0.384 e. The predicted octanol–water partition coefficient (Wildman–Crippen LogP) is 2.28. The molecule has 1 aromatic heterocycles. The molecular formula is C13H16N4. The zero-order chi connectivity index (χ0) is 12.4. The average molecular weight is 228 g/mol. The molecule has 0 fully saturated rings. The molecular weight excluding hydrogens is 212 g/mol. The van der Waals surface area contributed by atoms with Gasteiger partial charge in [0.25, 0.3) is 0 Å². The number of nitrogen functional groups attached to an aromatic ring is 1. The van der Waals surface area contributed by atoms with Gasteiger partial charge in [0.15, 0.2) is 0 Å². The van der Waals surface area contributed by atoms with Gasteiger partial charge in [-0.05, 0) is 12.1 Å². The van der Waals surface area contributed by atoms with E-state index in [-0.39, 0.29) is 5.84 Å². The summed E-state index contributed by atoms with van der Waals surface area (Å²) < 4.78 is 1.99. The minimum Gasteiger partial charge on any atom is -0.384 e. The van der Waals surface area contributed by atoms with Gasteiger partial charge in [-0.1, -0.05) is 26.0 Å². The second kappa shape index (κ2) is 4.41. The Kier molecular flexibility index (Phi) is 2.95. The lowest BCUT2D eigenvalue weighted by molar-refractivity contribution is 0.751. The summed E-state index contributed by atoms with van der Waals surface area (Å²) in [7, 11) is 0. The highest BCUT2D eigenvalue weighted by molar-refractivity contribution is 5.98. The van der Waals surface area contributed by atoms with E-state index in [4.69, 9.17) is 11.1 Å². The van der Waals surface area contributed by atoms with Crippen molar-refractivity contribution in [2.24, 2.45) is 5.73 Å². The molecule has 4 nitrogen and oxygen atoms in total. The van der Waals surface area contributed by atoms with Gasteiger partial charge in [-0.3, -0.25) is 5.41 Å². The van der Waals surface area contributed by atoms with E-state index >= 15 is 0 Å². The molecule has 2 rings (SSSR count). The Balaban J connectivity index is 2.60. The summed E-state index contributed by atoms with van der Waals surface area (Å²) in [5, 5.41) is 7.60. The molecule has 0 aliphatic heterocycles. The van der Waals surface area contributed by atoms with Crippen LogP contribution in [-0.2, 0) is 0 Å². The van der Waals surface area contributed by atoms with Crippen molar-refractivity contribution in [2.45, 2.75) is 19.8 Å². The van der Waals surface area contributed by atoms with Gasteiger partial charge in [0.05, 0.1) is 5.69 Å². The van der Waals surface area contributed by atoms with E-state index in [1.165, 1.54) is 0 Å². The maximum atomic E-state index is 7.60. The SMILES string of the molecule is CC(C)c1nccn1-c1ccccc1C(=N)N. The maximum Gasteiger partial charge on any atom is 0.124 e. The fourth-order valence-corrected chi connectivity index (χ4v) is 1.86. The number of para-hydroxylation sites is 1. The lowest BCUT2D eigenvalue weighted by Gasteiger charge is -2.13. The van der Waals surface area contributed by atoms with Crippen molar-refractivity contribution in [3.63, 3.8) is 0 Å². The number of benzene rings is 1. The Hall–Kier alpha value is -2.10. The number of nitrogens with one attached hydrogen (secondary N) is 1. The molecule has 0 atom stereocenters. The number of hydrogen-bond donors (Lipinski definition) is 2. The first-order valence-corrected chi connectivity index (χ1v) is 5.58. The molecule has 0 aliphatic rings. The first-order chi connectivity index (χ1) is 8.11. The molecule has 2 aromatic rings. The zero-order valence-electron chi connectivity index (χ0n) is 10.0. The summed E-state index contributed by atoms with van der Waals surface area (Å²) in [6.45, 7) is 4.18. The Morgan fingerprint density at radius 3 is 2.71 bits per heavy atom. The minimum atomic E-state index is 0.0732. The summed E-state index contributed by atoms with van der Waals surface area (Å²) in [6, 6.07) is 7.62. The third-order valence-electron chi connectivity index (χ3n) is 2.64. The highest BCUT2D eigenvalue weighted by Gasteiger charge is 2.12. The van der Waals surface area contributed by atoms with Crippen molar-refractivity contribution in [2.75, 3.05) is 0 Å².